The lowest BCUT2D eigenvalue weighted by Crippen LogP contribution is -2.28. The summed E-state index contributed by atoms with van der Waals surface area (Å²) >= 11 is 0. The first kappa shape index (κ1) is 13.9. The van der Waals surface area contributed by atoms with E-state index in [0.717, 1.165) is 0 Å². The van der Waals surface area contributed by atoms with Crippen molar-refractivity contribution in [2.75, 3.05) is 27.4 Å². The third-order valence-electron chi connectivity index (χ3n) is 2.17. The van der Waals surface area contributed by atoms with Gasteiger partial charge in [-0.15, -0.1) is 6.58 Å². The van der Waals surface area contributed by atoms with Crippen molar-refractivity contribution in [2.24, 2.45) is 0 Å². The summed E-state index contributed by atoms with van der Waals surface area (Å²) in [6, 6.07) is 5.23. The first-order valence-corrected chi connectivity index (χ1v) is 5.44. The van der Waals surface area contributed by atoms with E-state index < -0.39 is 0 Å². The van der Waals surface area contributed by atoms with Gasteiger partial charge in [-0.1, -0.05) is 12.1 Å². The van der Waals surface area contributed by atoms with Gasteiger partial charge in [-0.3, -0.25) is 4.79 Å². The van der Waals surface area contributed by atoms with Gasteiger partial charge in [-0.05, 0) is 12.1 Å². The van der Waals surface area contributed by atoms with Crippen molar-refractivity contribution >= 4 is 5.91 Å². The lowest BCUT2D eigenvalue weighted by molar-refractivity contribution is -0.122. The van der Waals surface area contributed by atoms with Gasteiger partial charge in [0.1, 0.15) is 0 Å². The number of carbonyl (C=O) groups excluding carboxylic acids is 1. The molecule has 0 aliphatic rings. The highest BCUT2D eigenvalue weighted by atomic mass is 16.5. The number of ether oxygens (including phenoxy) is 3. The first-order valence-electron chi connectivity index (χ1n) is 5.44. The Bertz CT molecular complexity index is 417. The zero-order valence-corrected chi connectivity index (χ0v) is 10.6. The standard InChI is InChI=1S/C13H17NO4/c1-4-8-14-12(15)9-18-11-7-5-6-10(16-2)13(11)17-3/h4-7H,1,8-9H2,2-3H3,(H,14,15). The molecule has 0 bridgehead atoms. The molecule has 0 saturated carbocycles. The molecule has 0 atom stereocenters. The van der Waals surface area contributed by atoms with Crippen LogP contribution in [0.3, 0.4) is 0 Å². The van der Waals surface area contributed by atoms with Crippen LogP contribution in [0.1, 0.15) is 0 Å². The van der Waals surface area contributed by atoms with Crippen LogP contribution in [-0.4, -0.2) is 33.3 Å². The van der Waals surface area contributed by atoms with Gasteiger partial charge < -0.3 is 19.5 Å². The van der Waals surface area contributed by atoms with E-state index in [1.807, 2.05) is 0 Å². The lowest BCUT2D eigenvalue weighted by atomic mass is 10.3. The second-order valence-corrected chi connectivity index (χ2v) is 3.37. The minimum absolute atomic E-state index is 0.0859. The molecule has 1 amide bonds. The largest absolute Gasteiger partial charge is 0.493 e. The average Bonchev–Trinajstić information content (AvgIpc) is 2.41. The quantitative estimate of drug-likeness (QED) is 0.744. The van der Waals surface area contributed by atoms with Gasteiger partial charge in [0, 0.05) is 6.54 Å². The van der Waals surface area contributed by atoms with Crippen LogP contribution < -0.4 is 19.5 Å². The molecule has 0 unspecified atom stereocenters. The van der Waals surface area contributed by atoms with Crippen molar-refractivity contribution in [3.63, 3.8) is 0 Å². The van der Waals surface area contributed by atoms with E-state index in [1.54, 1.807) is 31.4 Å². The van der Waals surface area contributed by atoms with Crippen LogP contribution in [0.15, 0.2) is 30.9 Å². The molecule has 1 aromatic carbocycles. The summed E-state index contributed by atoms with van der Waals surface area (Å²) in [6.07, 6.45) is 1.60. The highest BCUT2D eigenvalue weighted by Crippen LogP contribution is 2.36. The van der Waals surface area contributed by atoms with Gasteiger partial charge in [0.05, 0.1) is 14.2 Å². The molecule has 0 heterocycles. The topological polar surface area (TPSA) is 56.8 Å². The second-order valence-electron chi connectivity index (χ2n) is 3.37. The Morgan fingerprint density at radius 3 is 2.67 bits per heavy atom. The van der Waals surface area contributed by atoms with Gasteiger partial charge in [0.2, 0.25) is 5.75 Å². The molecule has 0 aliphatic carbocycles. The van der Waals surface area contributed by atoms with E-state index in [9.17, 15) is 4.79 Å². The molecule has 0 fully saturated rings. The van der Waals surface area contributed by atoms with Crippen LogP contribution in [0.25, 0.3) is 0 Å². The first-order chi connectivity index (χ1) is 8.72. The zero-order chi connectivity index (χ0) is 13.4. The summed E-state index contributed by atoms with van der Waals surface area (Å²) in [7, 11) is 3.06. The van der Waals surface area contributed by atoms with E-state index in [-0.39, 0.29) is 12.5 Å². The molecular weight excluding hydrogens is 234 g/mol. The van der Waals surface area contributed by atoms with E-state index in [4.69, 9.17) is 14.2 Å². The zero-order valence-electron chi connectivity index (χ0n) is 10.6. The molecule has 98 valence electrons. The third-order valence-corrected chi connectivity index (χ3v) is 2.17. The van der Waals surface area contributed by atoms with Crippen LogP contribution >= 0.6 is 0 Å². The molecule has 0 spiro atoms. The van der Waals surface area contributed by atoms with Gasteiger partial charge in [-0.2, -0.15) is 0 Å². The van der Waals surface area contributed by atoms with Gasteiger partial charge >= 0.3 is 0 Å². The Morgan fingerprint density at radius 1 is 1.33 bits per heavy atom. The number of rotatable bonds is 7. The molecule has 0 saturated heterocycles. The SMILES string of the molecule is C=CCNC(=O)COc1cccc(OC)c1OC. The van der Waals surface area contributed by atoms with Gasteiger partial charge in [-0.25, -0.2) is 0 Å². The maximum atomic E-state index is 11.4. The third kappa shape index (κ3) is 3.69. The van der Waals surface area contributed by atoms with Crippen molar-refractivity contribution in [3.8, 4) is 17.2 Å². The lowest BCUT2D eigenvalue weighted by Gasteiger charge is -2.13. The Morgan fingerprint density at radius 2 is 2.06 bits per heavy atom. The van der Waals surface area contributed by atoms with E-state index >= 15 is 0 Å². The molecule has 1 aromatic rings. The number of benzene rings is 1. The van der Waals surface area contributed by atoms with Crippen molar-refractivity contribution in [3.05, 3.63) is 30.9 Å². The maximum absolute atomic E-state index is 11.4. The van der Waals surface area contributed by atoms with Crippen LogP contribution in [0, 0.1) is 0 Å². The predicted octanol–water partition coefficient (Wildman–Crippen LogP) is 1.38. The van der Waals surface area contributed by atoms with Crippen molar-refractivity contribution in [1.29, 1.82) is 0 Å². The number of amides is 1. The Kier molecular flexibility index (Phi) is 5.57. The molecule has 5 heteroatoms. The average molecular weight is 251 g/mol. The van der Waals surface area contributed by atoms with Crippen LogP contribution in [0.2, 0.25) is 0 Å². The number of nitrogens with one attached hydrogen (secondary N) is 1. The fourth-order valence-electron chi connectivity index (χ4n) is 1.35. The normalized spacial score (nSPS) is 9.44. The summed E-state index contributed by atoms with van der Waals surface area (Å²) in [4.78, 5) is 11.4. The monoisotopic (exact) mass is 251 g/mol. The molecule has 0 radical (unpaired) electrons. The van der Waals surface area contributed by atoms with Crippen LogP contribution in [-0.2, 0) is 4.79 Å². The number of hydrogen-bond acceptors (Lipinski definition) is 4. The maximum Gasteiger partial charge on any atom is 0.258 e. The molecule has 0 aliphatic heterocycles. The van der Waals surface area contributed by atoms with Crippen LogP contribution in [0.5, 0.6) is 17.2 Å². The van der Waals surface area contributed by atoms with Crippen molar-refractivity contribution in [1.82, 2.24) is 5.32 Å². The molecule has 1 N–H and O–H groups in total. The number of para-hydroxylation sites is 1. The summed E-state index contributed by atoms with van der Waals surface area (Å²) in [5.74, 6) is 1.27. The van der Waals surface area contributed by atoms with Gasteiger partial charge in [0.25, 0.3) is 5.91 Å². The highest BCUT2D eigenvalue weighted by molar-refractivity contribution is 5.77. The molecular formula is C13H17NO4. The van der Waals surface area contributed by atoms with E-state index in [0.29, 0.717) is 23.8 Å². The smallest absolute Gasteiger partial charge is 0.258 e. The minimum Gasteiger partial charge on any atom is -0.493 e. The molecule has 0 aromatic heterocycles. The Balaban J connectivity index is 2.66. The number of hydrogen-bond donors (Lipinski definition) is 1. The Labute approximate surface area is 106 Å². The summed E-state index contributed by atoms with van der Waals surface area (Å²) in [5.41, 5.74) is 0. The predicted molar refractivity (Wildman–Crippen MR) is 68.2 cm³/mol. The molecule has 5 nitrogen and oxygen atoms in total. The fraction of sp³-hybridized carbons (Fsp3) is 0.308. The molecule has 18 heavy (non-hydrogen) atoms. The van der Waals surface area contributed by atoms with Crippen LogP contribution in [0.4, 0.5) is 0 Å². The van der Waals surface area contributed by atoms with E-state index in [2.05, 4.69) is 11.9 Å². The molecule has 1 rings (SSSR count). The second kappa shape index (κ2) is 7.21. The van der Waals surface area contributed by atoms with Crippen molar-refractivity contribution in [2.45, 2.75) is 0 Å². The summed E-state index contributed by atoms with van der Waals surface area (Å²) in [6.45, 7) is 3.84. The number of methoxy groups -OCH3 is 2. The van der Waals surface area contributed by atoms with Crippen molar-refractivity contribution < 1.29 is 19.0 Å². The highest BCUT2D eigenvalue weighted by Gasteiger charge is 2.11. The Hall–Kier alpha value is -2.17. The van der Waals surface area contributed by atoms with E-state index in [1.165, 1.54) is 7.11 Å². The number of carbonyl (C=O) groups is 1. The summed E-state index contributed by atoms with van der Waals surface area (Å²) < 4.78 is 15.7. The fourth-order valence-corrected chi connectivity index (χ4v) is 1.35. The summed E-state index contributed by atoms with van der Waals surface area (Å²) in [5, 5.41) is 2.61. The minimum atomic E-state index is -0.222. The van der Waals surface area contributed by atoms with Gasteiger partial charge in [0.15, 0.2) is 18.1 Å².